The minimum atomic E-state index is 0.529. The van der Waals surface area contributed by atoms with Crippen molar-refractivity contribution in [3.05, 3.63) is 46.7 Å². The quantitative estimate of drug-likeness (QED) is 0.808. The fraction of sp³-hybridized carbons (Fsp3) is 0.438. The van der Waals surface area contributed by atoms with Gasteiger partial charge >= 0.3 is 0 Å². The molecule has 3 rings (SSSR count). The maximum Gasteiger partial charge on any atom is 0.132 e. The van der Waals surface area contributed by atoms with Gasteiger partial charge in [0.1, 0.15) is 12.4 Å². The van der Waals surface area contributed by atoms with Crippen LogP contribution in [0.3, 0.4) is 0 Å². The molecule has 20 heavy (non-hydrogen) atoms. The third kappa shape index (κ3) is 3.42. The van der Waals surface area contributed by atoms with E-state index in [1.54, 1.807) is 0 Å². The lowest BCUT2D eigenvalue weighted by Gasteiger charge is -2.21. The van der Waals surface area contributed by atoms with Crippen molar-refractivity contribution >= 4 is 15.9 Å². The zero-order chi connectivity index (χ0) is 13.8. The lowest BCUT2D eigenvalue weighted by molar-refractivity contribution is 0.291. The predicted molar refractivity (Wildman–Crippen MR) is 82.8 cm³/mol. The number of ether oxygens (including phenoxy) is 1. The monoisotopic (exact) mass is 334 g/mol. The zero-order valence-corrected chi connectivity index (χ0v) is 13.1. The van der Waals surface area contributed by atoms with Gasteiger partial charge in [-0.1, -0.05) is 35.2 Å². The van der Waals surface area contributed by atoms with E-state index < -0.39 is 0 Å². The second-order valence-corrected chi connectivity index (χ2v) is 6.24. The molecule has 1 heterocycles. The summed E-state index contributed by atoms with van der Waals surface area (Å²) >= 11 is 3.42. The summed E-state index contributed by atoms with van der Waals surface area (Å²) in [7, 11) is 0. The molecule has 0 N–H and O–H groups in total. The summed E-state index contributed by atoms with van der Waals surface area (Å²) < 4.78 is 8.94. The van der Waals surface area contributed by atoms with E-state index in [1.807, 2.05) is 24.3 Å². The molecule has 0 aliphatic heterocycles. The second kappa shape index (κ2) is 6.44. The molecule has 1 aromatic heterocycles. The molecule has 106 valence electrons. The van der Waals surface area contributed by atoms with Crippen LogP contribution in [0.5, 0.6) is 5.75 Å². The Balaban J connectivity index is 1.58. The van der Waals surface area contributed by atoms with Crippen LogP contribution in [-0.4, -0.2) is 9.78 Å². The lowest BCUT2D eigenvalue weighted by Crippen LogP contribution is -2.13. The summed E-state index contributed by atoms with van der Waals surface area (Å²) in [5.74, 6) is 0.875. The molecule has 0 saturated heterocycles. The van der Waals surface area contributed by atoms with E-state index in [-0.39, 0.29) is 0 Å². The number of halogens is 1. The van der Waals surface area contributed by atoms with Gasteiger partial charge in [-0.05, 0) is 43.2 Å². The van der Waals surface area contributed by atoms with Crippen molar-refractivity contribution in [2.75, 3.05) is 0 Å². The summed E-state index contributed by atoms with van der Waals surface area (Å²) in [6.07, 6.45) is 8.64. The van der Waals surface area contributed by atoms with Gasteiger partial charge in [0.2, 0.25) is 0 Å². The van der Waals surface area contributed by atoms with E-state index in [9.17, 15) is 0 Å². The van der Waals surface area contributed by atoms with Crippen molar-refractivity contribution in [3.8, 4) is 5.75 Å². The van der Waals surface area contributed by atoms with E-state index in [4.69, 9.17) is 4.74 Å². The molecule has 1 saturated carbocycles. The van der Waals surface area contributed by atoms with E-state index in [2.05, 4.69) is 38.0 Å². The Morgan fingerprint density at radius 2 is 1.85 bits per heavy atom. The molecule has 3 nitrogen and oxygen atoms in total. The Morgan fingerprint density at radius 3 is 2.60 bits per heavy atom. The minimum absolute atomic E-state index is 0.529. The van der Waals surface area contributed by atoms with E-state index in [0.29, 0.717) is 12.6 Å². The molecular formula is C16H19BrN2O. The zero-order valence-electron chi connectivity index (χ0n) is 11.5. The normalized spacial score (nSPS) is 16.2. The Labute approximate surface area is 128 Å². The molecule has 1 aromatic carbocycles. The summed E-state index contributed by atoms with van der Waals surface area (Å²) in [4.78, 5) is 0. The highest BCUT2D eigenvalue weighted by atomic mass is 79.9. The number of benzene rings is 1. The summed E-state index contributed by atoms with van der Waals surface area (Å²) in [6.45, 7) is 0.529. The van der Waals surface area contributed by atoms with Crippen molar-refractivity contribution in [2.45, 2.75) is 44.8 Å². The minimum Gasteiger partial charge on any atom is -0.487 e. The third-order valence-corrected chi connectivity index (χ3v) is 4.34. The van der Waals surface area contributed by atoms with Crippen LogP contribution in [0.15, 0.2) is 41.0 Å². The van der Waals surface area contributed by atoms with Crippen molar-refractivity contribution in [1.82, 2.24) is 9.78 Å². The third-order valence-electron chi connectivity index (χ3n) is 3.81. The highest BCUT2D eigenvalue weighted by Crippen LogP contribution is 2.27. The second-order valence-electron chi connectivity index (χ2n) is 5.32. The van der Waals surface area contributed by atoms with Crippen LogP contribution in [-0.2, 0) is 6.61 Å². The van der Waals surface area contributed by atoms with E-state index >= 15 is 0 Å². The van der Waals surface area contributed by atoms with E-state index in [0.717, 1.165) is 15.9 Å². The SMILES string of the molecule is Brc1ccc(OCc2ccn(C3CCCCC3)n2)cc1. The molecule has 1 fully saturated rings. The Kier molecular flexibility index (Phi) is 4.41. The topological polar surface area (TPSA) is 27.1 Å². The van der Waals surface area contributed by atoms with Crippen LogP contribution < -0.4 is 4.74 Å². The molecule has 0 spiro atoms. The highest BCUT2D eigenvalue weighted by Gasteiger charge is 2.15. The average molecular weight is 335 g/mol. The number of nitrogens with zero attached hydrogens (tertiary/aromatic N) is 2. The fourth-order valence-corrected chi connectivity index (χ4v) is 2.96. The van der Waals surface area contributed by atoms with Crippen molar-refractivity contribution < 1.29 is 4.74 Å². The van der Waals surface area contributed by atoms with Crippen molar-refractivity contribution in [1.29, 1.82) is 0 Å². The first kappa shape index (κ1) is 13.7. The molecule has 1 aliphatic carbocycles. The van der Waals surface area contributed by atoms with Gasteiger partial charge in [0.15, 0.2) is 0 Å². The fourth-order valence-electron chi connectivity index (χ4n) is 2.69. The van der Waals surface area contributed by atoms with Gasteiger partial charge in [-0.2, -0.15) is 5.10 Å². The molecule has 0 radical (unpaired) electrons. The molecule has 0 unspecified atom stereocenters. The smallest absolute Gasteiger partial charge is 0.132 e. The number of aromatic nitrogens is 2. The van der Waals surface area contributed by atoms with Crippen LogP contribution in [0.4, 0.5) is 0 Å². The predicted octanol–water partition coefficient (Wildman–Crippen LogP) is 4.73. The van der Waals surface area contributed by atoms with E-state index in [1.165, 1.54) is 32.1 Å². The lowest BCUT2D eigenvalue weighted by atomic mass is 9.96. The molecule has 2 aromatic rings. The average Bonchev–Trinajstić information content (AvgIpc) is 2.97. The number of rotatable bonds is 4. The van der Waals surface area contributed by atoms with Gasteiger partial charge in [0.05, 0.1) is 11.7 Å². The molecule has 1 aliphatic rings. The number of hydrogen-bond donors (Lipinski definition) is 0. The first-order chi connectivity index (χ1) is 9.81. The summed E-state index contributed by atoms with van der Waals surface area (Å²) in [6, 6.07) is 10.5. The van der Waals surface area contributed by atoms with Crippen LogP contribution in [0.25, 0.3) is 0 Å². The molecule has 0 amide bonds. The van der Waals surface area contributed by atoms with Crippen molar-refractivity contribution in [2.24, 2.45) is 0 Å². The first-order valence-electron chi connectivity index (χ1n) is 7.24. The van der Waals surface area contributed by atoms with Gasteiger partial charge in [-0.15, -0.1) is 0 Å². The van der Waals surface area contributed by atoms with Crippen LogP contribution in [0.2, 0.25) is 0 Å². The van der Waals surface area contributed by atoms with Gasteiger partial charge in [-0.3, -0.25) is 4.68 Å². The van der Waals surface area contributed by atoms with Crippen LogP contribution >= 0.6 is 15.9 Å². The molecule has 0 bridgehead atoms. The maximum absolute atomic E-state index is 5.75. The standard InChI is InChI=1S/C16H19BrN2O/c17-13-6-8-16(9-7-13)20-12-14-10-11-19(18-14)15-4-2-1-3-5-15/h6-11,15H,1-5,12H2. The van der Waals surface area contributed by atoms with Crippen LogP contribution in [0.1, 0.15) is 43.8 Å². The maximum atomic E-state index is 5.75. The largest absolute Gasteiger partial charge is 0.487 e. The Morgan fingerprint density at radius 1 is 1.10 bits per heavy atom. The summed E-state index contributed by atoms with van der Waals surface area (Å²) in [5, 5.41) is 4.65. The summed E-state index contributed by atoms with van der Waals surface area (Å²) in [5.41, 5.74) is 0.999. The van der Waals surface area contributed by atoms with Gasteiger partial charge in [-0.25, -0.2) is 0 Å². The number of hydrogen-bond acceptors (Lipinski definition) is 2. The Hall–Kier alpha value is -1.29. The molecule has 4 heteroatoms. The molecular weight excluding hydrogens is 316 g/mol. The van der Waals surface area contributed by atoms with Crippen LogP contribution in [0, 0.1) is 0 Å². The molecule has 0 atom stereocenters. The Bertz CT molecular complexity index is 544. The van der Waals surface area contributed by atoms with Gasteiger partial charge in [0, 0.05) is 10.7 Å². The first-order valence-corrected chi connectivity index (χ1v) is 8.03. The van der Waals surface area contributed by atoms with Gasteiger partial charge < -0.3 is 4.74 Å². The van der Waals surface area contributed by atoms with Gasteiger partial charge in [0.25, 0.3) is 0 Å². The highest BCUT2D eigenvalue weighted by molar-refractivity contribution is 9.10. The van der Waals surface area contributed by atoms with Crippen molar-refractivity contribution in [3.63, 3.8) is 0 Å².